The lowest BCUT2D eigenvalue weighted by atomic mass is 10.2. The summed E-state index contributed by atoms with van der Waals surface area (Å²) in [7, 11) is 0. The number of nitrogens with zero attached hydrogens (tertiary/aromatic N) is 3. The minimum Gasteiger partial charge on any atom is -0.494 e. The number of benzene rings is 2. The Kier molecular flexibility index (Phi) is 6.36. The van der Waals surface area contributed by atoms with Crippen molar-refractivity contribution in [3.8, 4) is 5.75 Å². The van der Waals surface area contributed by atoms with E-state index >= 15 is 0 Å². The molecule has 5 nitrogen and oxygen atoms in total. The molecule has 140 valence electrons. The highest BCUT2D eigenvalue weighted by Gasteiger charge is 2.06. The standard InChI is InChI=1S/C22H25N3O2/c1-3-4-5-8-15-27-19-13-11-18(12-14-19)16-23-25-17(2)24-21-10-7-6-9-20(21)22(25)26/h6-7,9-14,16H,3-5,8,15H2,1-2H3/b23-16-. The van der Waals surface area contributed by atoms with Gasteiger partial charge < -0.3 is 4.74 Å². The molecular weight excluding hydrogens is 338 g/mol. The van der Waals surface area contributed by atoms with Crippen LogP contribution in [0.3, 0.4) is 0 Å². The quantitative estimate of drug-likeness (QED) is 0.436. The maximum atomic E-state index is 12.6. The van der Waals surface area contributed by atoms with Crippen molar-refractivity contribution in [3.63, 3.8) is 0 Å². The number of rotatable bonds is 8. The Labute approximate surface area is 159 Å². The van der Waals surface area contributed by atoms with Gasteiger partial charge in [-0.25, -0.2) is 4.98 Å². The Bertz CT molecular complexity index is 975. The van der Waals surface area contributed by atoms with Crippen molar-refractivity contribution in [1.29, 1.82) is 0 Å². The third kappa shape index (κ3) is 4.82. The topological polar surface area (TPSA) is 56.5 Å². The molecule has 1 heterocycles. The Hall–Kier alpha value is -2.95. The van der Waals surface area contributed by atoms with Crippen LogP contribution in [0.25, 0.3) is 10.9 Å². The van der Waals surface area contributed by atoms with Crippen molar-refractivity contribution in [1.82, 2.24) is 9.66 Å². The van der Waals surface area contributed by atoms with Crippen molar-refractivity contribution in [2.45, 2.75) is 39.5 Å². The number of fused-ring (bicyclic) bond motifs is 1. The van der Waals surface area contributed by atoms with Crippen molar-refractivity contribution in [3.05, 3.63) is 70.3 Å². The van der Waals surface area contributed by atoms with Crippen LogP contribution in [-0.4, -0.2) is 22.5 Å². The molecule has 0 atom stereocenters. The molecule has 0 radical (unpaired) electrons. The van der Waals surface area contributed by atoms with Crippen molar-refractivity contribution in [2.24, 2.45) is 5.10 Å². The summed E-state index contributed by atoms with van der Waals surface area (Å²) >= 11 is 0. The average Bonchev–Trinajstić information content (AvgIpc) is 2.69. The molecule has 1 aromatic heterocycles. The van der Waals surface area contributed by atoms with Crippen LogP contribution in [0.15, 0.2) is 58.4 Å². The largest absolute Gasteiger partial charge is 0.494 e. The van der Waals surface area contributed by atoms with Crippen LogP contribution < -0.4 is 10.3 Å². The van der Waals surface area contributed by atoms with Gasteiger partial charge in [0.15, 0.2) is 0 Å². The third-order valence-electron chi connectivity index (χ3n) is 4.38. The van der Waals surface area contributed by atoms with Gasteiger partial charge in [0.25, 0.3) is 5.56 Å². The molecule has 3 aromatic rings. The molecule has 0 saturated heterocycles. The summed E-state index contributed by atoms with van der Waals surface area (Å²) in [5, 5.41) is 4.89. The second-order valence-corrected chi connectivity index (χ2v) is 6.52. The number of hydrogen-bond acceptors (Lipinski definition) is 4. The van der Waals surface area contributed by atoms with E-state index < -0.39 is 0 Å². The van der Waals surface area contributed by atoms with Gasteiger partial charge in [0, 0.05) is 0 Å². The van der Waals surface area contributed by atoms with Gasteiger partial charge in [0.05, 0.1) is 23.7 Å². The fraction of sp³-hybridized carbons (Fsp3) is 0.318. The normalized spacial score (nSPS) is 11.3. The predicted molar refractivity (Wildman–Crippen MR) is 110 cm³/mol. The van der Waals surface area contributed by atoms with Crippen molar-refractivity contribution in [2.75, 3.05) is 6.61 Å². The molecular formula is C22H25N3O2. The highest BCUT2D eigenvalue weighted by molar-refractivity contribution is 5.80. The molecule has 0 saturated carbocycles. The maximum Gasteiger partial charge on any atom is 0.282 e. The summed E-state index contributed by atoms with van der Waals surface area (Å²) < 4.78 is 7.08. The van der Waals surface area contributed by atoms with E-state index in [1.54, 1.807) is 19.2 Å². The zero-order valence-electron chi connectivity index (χ0n) is 15.9. The minimum atomic E-state index is -0.165. The Morgan fingerprint density at radius 2 is 1.85 bits per heavy atom. The second kappa shape index (κ2) is 9.12. The van der Waals surface area contributed by atoms with E-state index in [0.717, 1.165) is 24.3 Å². The zero-order valence-corrected chi connectivity index (χ0v) is 15.9. The summed E-state index contributed by atoms with van der Waals surface area (Å²) in [5.41, 5.74) is 1.42. The van der Waals surface area contributed by atoms with Gasteiger partial charge in [-0.2, -0.15) is 9.78 Å². The van der Waals surface area contributed by atoms with Crippen molar-refractivity contribution >= 4 is 17.1 Å². The predicted octanol–water partition coefficient (Wildman–Crippen LogP) is 4.55. The van der Waals surface area contributed by atoms with Crippen LogP contribution in [0, 0.1) is 6.92 Å². The first-order chi connectivity index (χ1) is 13.2. The Balaban J connectivity index is 1.69. The summed E-state index contributed by atoms with van der Waals surface area (Å²) in [5.74, 6) is 1.41. The first kappa shape index (κ1) is 18.8. The van der Waals surface area contributed by atoms with Crippen LogP contribution in [0.2, 0.25) is 0 Å². The average molecular weight is 363 g/mol. The molecule has 0 aliphatic carbocycles. The van der Waals surface area contributed by atoms with Crippen LogP contribution >= 0.6 is 0 Å². The van der Waals surface area contributed by atoms with Crippen LogP contribution in [0.1, 0.15) is 44.0 Å². The Morgan fingerprint density at radius 1 is 1.07 bits per heavy atom. The van der Waals surface area contributed by atoms with Gasteiger partial charge in [-0.05, 0) is 55.3 Å². The minimum absolute atomic E-state index is 0.165. The lowest BCUT2D eigenvalue weighted by Crippen LogP contribution is -2.20. The molecule has 3 rings (SSSR count). The summed E-state index contributed by atoms with van der Waals surface area (Å²) in [6.45, 7) is 4.72. The monoisotopic (exact) mass is 363 g/mol. The third-order valence-corrected chi connectivity index (χ3v) is 4.38. The molecule has 0 N–H and O–H groups in total. The van der Waals surface area contributed by atoms with E-state index in [0.29, 0.717) is 16.7 Å². The maximum absolute atomic E-state index is 12.6. The molecule has 5 heteroatoms. The molecule has 0 aliphatic heterocycles. The smallest absolute Gasteiger partial charge is 0.282 e. The van der Waals surface area contributed by atoms with E-state index in [4.69, 9.17) is 4.74 Å². The van der Waals surface area contributed by atoms with E-state index in [1.807, 2.05) is 42.5 Å². The number of aromatic nitrogens is 2. The summed E-state index contributed by atoms with van der Waals surface area (Å²) in [4.78, 5) is 17.1. The van der Waals surface area contributed by atoms with Gasteiger partial charge >= 0.3 is 0 Å². The molecule has 2 aromatic carbocycles. The number of hydrogen-bond donors (Lipinski definition) is 0. The lowest BCUT2D eigenvalue weighted by Gasteiger charge is -2.06. The van der Waals surface area contributed by atoms with Gasteiger partial charge in [0.1, 0.15) is 11.6 Å². The molecule has 0 aliphatic rings. The highest BCUT2D eigenvalue weighted by atomic mass is 16.5. The number of aryl methyl sites for hydroxylation is 1. The SMILES string of the molecule is CCCCCCOc1ccc(/C=N\n2c(C)nc3ccccc3c2=O)cc1. The Morgan fingerprint density at radius 3 is 2.63 bits per heavy atom. The van der Waals surface area contributed by atoms with E-state index in [2.05, 4.69) is 17.0 Å². The van der Waals surface area contributed by atoms with Crippen LogP contribution in [-0.2, 0) is 0 Å². The zero-order chi connectivity index (χ0) is 19.1. The van der Waals surface area contributed by atoms with E-state index in [-0.39, 0.29) is 5.56 Å². The van der Waals surface area contributed by atoms with E-state index in [1.165, 1.54) is 23.9 Å². The second-order valence-electron chi connectivity index (χ2n) is 6.52. The van der Waals surface area contributed by atoms with Gasteiger partial charge in [-0.15, -0.1) is 0 Å². The molecule has 0 amide bonds. The number of unbranched alkanes of at least 4 members (excludes halogenated alkanes) is 3. The molecule has 0 unspecified atom stereocenters. The highest BCUT2D eigenvalue weighted by Crippen LogP contribution is 2.12. The lowest BCUT2D eigenvalue weighted by molar-refractivity contribution is 0.305. The first-order valence-corrected chi connectivity index (χ1v) is 9.44. The fourth-order valence-electron chi connectivity index (χ4n) is 2.86. The van der Waals surface area contributed by atoms with Gasteiger partial charge in [-0.3, -0.25) is 4.79 Å². The summed E-state index contributed by atoms with van der Waals surface area (Å²) in [6, 6.07) is 15.0. The molecule has 0 bridgehead atoms. The van der Waals surface area contributed by atoms with Gasteiger partial charge in [0.2, 0.25) is 0 Å². The van der Waals surface area contributed by atoms with Gasteiger partial charge in [-0.1, -0.05) is 38.3 Å². The summed E-state index contributed by atoms with van der Waals surface area (Å²) in [6.07, 6.45) is 6.42. The van der Waals surface area contributed by atoms with Crippen LogP contribution in [0.4, 0.5) is 0 Å². The van der Waals surface area contributed by atoms with Crippen molar-refractivity contribution < 1.29 is 4.74 Å². The molecule has 0 fully saturated rings. The number of para-hydroxylation sites is 1. The van der Waals surface area contributed by atoms with E-state index in [9.17, 15) is 4.79 Å². The fourth-order valence-corrected chi connectivity index (χ4v) is 2.86. The first-order valence-electron chi connectivity index (χ1n) is 9.44. The van der Waals surface area contributed by atoms with Crippen LogP contribution in [0.5, 0.6) is 5.75 Å². The number of ether oxygens (including phenoxy) is 1. The molecule has 0 spiro atoms. The molecule has 27 heavy (non-hydrogen) atoms.